The zero-order valence-electron chi connectivity index (χ0n) is 13.6. The molecule has 3 N–H and O–H groups in total. The lowest BCUT2D eigenvalue weighted by Crippen LogP contribution is -2.25. The van der Waals surface area contributed by atoms with Gasteiger partial charge in [0.2, 0.25) is 0 Å². The third kappa shape index (κ3) is 3.88. The van der Waals surface area contributed by atoms with E-state index in [0.717, 1.165) is 33.8 Å². The Labute approximate surface area is 154 Å². The van der Waals surface area contributed by atoms with Crippen LogP contribution in [0.3, 0.4) is 0 Å². The van der Waals surface area contributed by atoms with Crippen LogP contribution >= 0.6 is 34.7 Å². The number of anilines is 1. The maximum absolute atomic E-state index is 6.22. The first-order valence-corrected chi connectivity index (χ1v) is 10.3. The van der Waals surface area contributed by atoms with Crippen LogP contribution in [-0.4, -0.2) is 23.0 Å². The van der Waals surface area contributed by atoms with Crippen LogP contribution in [0.1, 0.15) is 16.2 Å². The summed E-state index contributed by atoms with van der Waals surface area (Å²) in [4.78, 5) is 5.80. The first-order valence-electron chi connectivity index (χ1n) is 7.67. The molecule has 3 aromatic heterocycles. The topological polar surface area (TPSA) is 64.1 Å². The van der Waals surface area contributed by atoms with Gasteiger partial charge in [-0.05, 0) is 37.3 Å². The Hall–Kier alpha value is -1.21. The number of furan rings is 1. The summed E-state index contributed by atoms with van der Waals surface area (Å²) >= 11 is 9.74. The Kier molecular flexibility index (Phi) is 5.71. The molecule has 0 amide bonds. The van der Waals surface area contributed by atoms with Crippen molar-refractivity contribution >= 4 is 50.6 Å². The number of nitrogens with two attached hydrogens (primary N) is 1. The van der Waals surface area contributed by atoms with Gasteiger partial charge in [-0.3, -0.25) is 0 Å². The average molecular weight is 382 g/mol. The van der Waals surface area contributed by atoms with E-state index < -0.39 is 0 Å². The number of hydrogen-bond donors (Lipinski definition) is 2. The first-order chi connectivity index (χ1) is 11.6. The predicted octanol–water partition coefficient (Wildman–Crippen LogP) is 4.70. The lowest BCUT2D eigenvalue weighted by molar-refractivity contribution is 0.518. The van der Waals surface area contributed by atoms with Crippen molar-refractivity contribution in [3.05, 3.63) is 45.8 Å². The van der Waals surface area contributed by atoms with Gasteiger partial charge >= 0.3 is 0 Å². The number of nitrogens with one attached hydrogen (secondary N) is 1. The fourth-order valence-corrected chi connectivity index (χ4v) is 4.69. The van der Waals surface area contributed by atoms with E-state index in [9.17, 15) is 0 Å². The fraction of sp³-hybridized carbons (Fsp3) is 0.353. The molecule has 0 radical (unpaired) electrons. The second-order valence-electron chi connectivity index (χ2n) is 5.67. The van der Waals surface area contributed by atoms with Crippen LogP contribution in [0.15, 0.2) is 28.9 Å². The van der Waals surface area contributed by atoms with E-state index in [0.29, 0.717) is 11.7 Å². The number of thioether (sulfide) groups is 1. The standard InChI is InChI=1S/C17H20ClN3OS2/c1-10-14(6-11(19)9-23-2)24-17-13(7-15(18)21-16(10)17)20-8-12-4-3-5-22-12/h3-5,7,11H,6,8-9,19H2,1-2H3,(H,20,21). The Morgan fingerprint density at radius 3 is 3.04 bits per heavy atom. The third-order valence-corrected chi connectivity index (χ3v) is 6.09. The number of aryl methyl sites for hydroxylation is 1. The number of hydrogen-bond acceptors (Lipinski definition) is 6. The molecular formula is C17H20ClN3OS2. The van der Waals surface area contributed by atoms with Gasteiger partial charge < -0.3 is 15.5 Å². The Balaban J connectivity index is 1.91. The summed E-state index contributed by atoms with van der Waals surface area (Å²) in [6, 6.07) is 5.85. The minimum atomic E-state index is 0.154. The minimum Gasteiger partial charge on any atom is -0.467 e. The van der Waals surface area contributed by atoms with E-state index in [1.165, 1.54) is 10.4 Å². The summed E-state index contributed by atoms with van der Waals surface area (Å²) < 4.78 is 6.50. The van der Waals surface area contributed by atoms with Crippen LogP contribution < -0.4 is 11.1 Å². The summed E-state index contributed by atoms with van der Waals surface area (Å²) in [6.45, 7) is 2.71. The molecule has 0 aliphatic heterocycles. The number of fused-ring (bicyclic) bond motifs is 1. The normalized spacial score (nSPS) is 12.7. The molecule has 24 heavy (non-hydrogen) atoms. The molecule has 0 aliphatic carbocycles. The zero-order valence-corrected chi connectivity index (χ0v) is 16.0. The number of rotatable bonds is 7. The molecule has 128 valence electrons. The first kappa shape index (κ1) is 17.6. The van der Waals surface area contributed by atoms with Crippen LogP contribution in [0.5, 0.6) is 0 Å². The highest BCUT2D eigenvalue weighted by Crippen LogP contribution is 2.37. The van der Waals surface area contributed by atoms with E-state index in [4.69, 9.17) is 21.8 Å². The van der Waals surface area contributed by atoms with Crippen molar-refractivity contribution in [2.24, 2.45) is 5.73 Å². The summed E-state index contributed by atoms with van der Waals surface area (Å²) in [5.41, 5.74) is 9.33. The number of pyridine rings is 1. The average Bonchev–Trinajstić information content (AvgIpc) is 3.15. The van der Waals surface area contributed by atoms with Gasteiger partial charge in [-0.2, -0.15) is 11.8 Å². The van der Waals surface area contributed by atoms with Crippen LogP contribution in [0.25, 0.3) is 10.2 Å². The Bertz CT molecular complexity index is 817. The number of nitrogens with zero attached hydrogens (tertiary/aromatic N) is 1. The molecule has 0 bridgehead atoms. The smallest absolute Gasteiger partial charge is 0.131 e. The monoisotopic (exact) mass is 381 g/mol. The van der Waals surface area contributed by atoms with Crippen LogP contribution in [0, 0.1) is 6.92 Å². The van der Waals surface area contributed by atoms with Gasteiger partial charge in [-0.25, -0.2) is 4.98 Å². The van der Waals surface area contributed by atoms with Gasteiger partial charge in [0.1, 0.15) is 10.9 Å². The molecule has 1 unspecified atom stereocenters. The van der Waals surface area contributed by atoms with Crippen molar-refractivity contribution in [3.8, 4) is 0 Å². The molecular weight excluding hydrogens is 362 g/mol. The molecule has 1 atom stereocenters. The Morgan fingerprint density at radius 1 is 1.50 bits per heavy atom. The molecule has 3 rings (SSSR count). The summed E-state index contributed by atoms with van der Waals surface area (Å²) in [5.74, 6) is 1.83. The van der Waals surface area contributed by atoms with Gasteiger partial charge in [0.25, 0.3) is 0 Å². The second-order valence-corrected chi connectivity index (χ2v) is 8.08. The SMILES string of the molecule is CSCC(N)Cc1sc2c(NCc3ccco3)cc(Cl)nc2c1C. The molecule has 0 saturated carbocycles. The lowest BCUT2D eigenvalue weighted by atomic mass is 10.1. The number of thiophene rings is 1. The maximum Gasteiger partial charge on any atom is 0.131 e. The van der Waals surface area contributed by atoms with Crippen LogP contribution in [-0.2, 0) is 13.0 Å². The molecule has 0 aliphatic rings. The minimum absolute atomic E-state index is 0.154. The molecule has 0 aromatic carbocycles. The predicted molar refractivity (Wildman–Crippen MR) is 105 cm³/mol. The van der Waals surface area contributed by atoms with E-state index in [1.54, 1.807) is 29.4 Å². The van der Waals surface area contributed by atoms with Gasteiger partial charge in [0.05, 0.1) is 28.7 Å². The highest BCUT2D eigenvalue weighted by molar-refractivity contribution is 7.98. The number of halogens is 1. The van der Waals surface area contributed by atoms with Crippen molar-refractivity contribution in [2.45, 2.75) is 25.9 Å². The lowest BCUT2D eigenvalue weighted by Gasteiger charge is -2.08. The number of aromatic nitrogens is 1. The van der Waals surface area contributed by atoms with Crippen molar-refractivity contribution in [1.29, 1.82) is 0 Å². The molecule has 0 spiro atoms. The van der Waals surface area contributed by atoms with Crippen molar-refractivity contribution in [1.82, 2.24) is 4.98 Å². The van der Waals surface area contributed by atoms with Gasteiger partial charge in [0.15, 0.2) is 0 Å². The van der Waals surface area contributed by atoms with Gasteiger partial charge in [-0.15, -0.1) is 11.3 Å². The second kappa shape index (κ2) is 7.78. The van der Waals surface area contributed by atoms with Gasteiger partial charge in [-0.1, -0.05) is 11.6 Å². The third-order valence-electron chi connectivity index (χ3n) is 3.80. The van der Waals surface area contributed by atoms with Crippen LogP contribution in [0.4, 0.5) is 5.69 Å². The van der Waals surface area contributed by atoms with E-state index in [-0.39, 0.29) is 6.04 Å². The highest BCUT2D eigenvalue weighted by atomic mass is 35.5. The van der Waals surface area contributed by atoms with E-state index in [1.807, 2.05) is 18.2 Å². The molecule has 0 saturated heterocycles. The molecule has 7 heteroatoms. The summed E-state index contributed by atoms with van der Waals surface area (Å²) in [6.07, 6.45) is 4.62. The maximum atomic E-state index is 6.22. The quantitative estimate of drug-likeness (QED) is 0.581. The van der Waals surface area contributed by atoms with E-state index in [2.05, 4.69) is 23.5 Å². The van der Waals surface area contributed by atoms with E-state index >= 15 is 0 Å². The summed E-state index contributed by atoms with van der Waals surface area (Å²) in [5, 5.41) is 3.90. The highest BCUT2D eigenvalue weighted by Gasteiger charge is 2.16. The molecule has 3 heterocycles. The largest absolute Gasteiger partial charge is 0.467 e. The fourth-order valence-electron chi connectivity index (χ4n) is 2.62. The van der Waals surface area contributed by atoms with Crippen molar-refractivity contribution < 1.29 is 4.42 Å². The molecule has 4 nitrogen and oxygen atoms in total. The van der Waals surface area contributed by atoms with Crippen LogP contribution in [0.2, 0.25) is 5.15 Å². The summed E-state index contributed by atoms with van der Waals surface area (Å²) in [7, 11) is 0. The van der Waals surface area contributed by atoms with Gasteiger partial charge in [0, 0.05) is 22.7 Å². The van der Waals surface area contributed by atoms with Crippen molar-refractivity contribution in [2.75, 3.05) is 17.3 Å². The van der Waals surface area contributed by atoms with Crippen molar-refractivity contribution in [3.63, 3.8) is 0 Å². The molecule has 0 fully saturated rings. The Morgan fingerprint density at radius 2 is 2.33 bits per heavy atom. The zero-order chi connectivity index (χ0) is 17.1. The molecule has 3 aromatic rings.